The molecule has 0 atom stereocenters. The zero-order valence-electron chi connectivity index (χ0n) is 14.7. The number of non-ortho nitro benzene ring substituents is 1. The fourth-order valence-electron chi connectivity index (χ4n) is 3.48. The quantitative estimate of drug-likeness (QED) is 0.392. The number of fused-ring (bicyclic) bond motifs is 3. The minimum atomic E-state index is -0.794. The van der Waals surface area contributed by atoms with Gasteiger partial charge in [-0.2, -0.15) is 0 Å². The Bertz CT molecular complexity index is 1030. The van der Waals surface area contributed by atoms with Gasteiger partial charge >= 0.3 is 6.09 Å². The van der Waals surface area contributed by atoms with E-state index in [1.165, 1.54) is 0 Å². The fourth-order valence-corrected chi connectivity index (χ4v) is 3.48. The maximum atomic E-state index is 12.2. The van der Waals surface area contributed by atoms with Crippen LogP contribution in [0.5, 0.6) is 5.75 Å². The van der Waals surface area contributed by atoms with E-state index < -0.39 is 11.0 Å². The van der Waals surface area contributed by atoms with E-state index in [-0.39, 0.29) is 29.6 Å². The third-order valence-corrected chi connectivity index (χ3v) is 4.77. The molecule has 0 spiro atoms. The number of nitro benzene ring substituents is 1. The highest BCUT2D eigenvalue weighted by Crippen LogP contribution is 2.44. The summed E-state index contributed by atoms with van der Waals surface area (Å²) in [6.45, 7) is 0.107. The van der Waals surface area contributed by atoms with Gasteiger partial charge in [0, 0.05) is 18.1 Å². The highest BCUT2D eigenvalue weighted by molar-refractivity contribution is 5.87. The van der Waals surface area contributed by atoms with E-state index in [4.69, 9.17) is 4.74 Å². The summed E-state index contributed by atoms with van der Waals surface area (Å²) < 4.78 is 5.37. The first-order valence-electron chi connectivity index (χ1n) is 8.64. The van der Waals surface area contributed by atoms with Crippen LogP contribution in [0, 0.1) is 10.1 Å². The van der Waals surface area contributed by atoms with Crippen LogP contribution in [0.4, 0.5) is 16.2 Å². The number of anilines is 1. The number of nitro groups is 1. The molecule has 1 aliphatic rings. The number of ether oxygens (including phenoxy) is 1. The van der Waals surface area contributed by atoms with Crippen LogP contribution in [0.15, 0.2) is 66.7 Å². The van der Waals surface area contributed by atoms with Crippen molar-refractivity contribution in [2.45, 2.75) is 5.92 Å². The molecule has 0 saturated carbocycles. The van der Waals surface area contributed by atoms with Crippen LogP contribution in [0.1, 0.15) is 17.0 Å². The van der Waals surface area contributed by atoms with Crippen LogP contribution < -0.4 is 5.32 Å². The smallest absolute Gasteiger partial charge is 0.411 e. The third kappa shape index (κ3) is 3.14. The summed E-state index contributed by atoms with van der Waals surface area (Å²) in [5.41, 5.74) is 4.06. The predicted octanol–water partition coefficient (Wildman–Crippen LogP) is 4.66. The lowest BCUT2D eigenvalue weighted by molar-refractivity contribution is -0.384. The Morgan fingerprint density at radius 2 is 1.64 bits per heavy atom. The Morgan fingerprint density at radius 3 is 2.25 bits per heavy atom. The van der Waals surface area contributed by atoms with E-state index in [0.717, 1.165) is 40.5 Å². The summed E-state index contributed by atoms with van der Waals surface area (Å²) in [5, 5.41) is 23.0. The van der Waals surface area contributed by atoms with Crippen LogP contribution in [-0.4, -0.2) is 22.7 Å². The number of carbonyl (C=O) groups excluding carboxylic acids is 1. The molecule has 0 unspecified atom stereocenters. The molecular formula is C21H16N2O5. The second-order valence-corrected chi connectivity index (χ2v) is 6.41. The molecule has 0 fully saturated rings. The monoisotopic (exact) mass is 376 g/mol. The van der Waals surface area contributed by atoms with Crippen molar-refractivity contribution in [1.82, 2.24) is 0 Å². The van der Waals surface area contributed by atoms with E-state index in [2.05, 4.69) is 5.32 Å². The molecule has 28 heavy (non-hydrogen) atoms. The van der Waals surface area contributed by atoms with Crippen molar-refractivity contribution in [3.8, 4) is 16.9 Å². The van der Waals surface area contributed by atoms with Gasteiger partial charge in [-0.1, -0.05) is 48.5 Å². The summed E-state index contributed by atoms with van der Waals surface area (Å²) in [6, 6.07) is 19.3. The van der Waals surface area contributed by atoms with E-state index in [9.17, 15) is 20.0 Å². The minimum absolute atomic E-state index is 0.0774. The summed E-state index contributed by atoms with van der Waals surface area (Å²) in [7, 11) is 0. The van der Waals surface area contributed by atoms with Crippen molar-refractivity contribution < 1.29 is 19.6 Å². The number of aromatic hydroxyl groups is 1. The van der Waals surface area contributed by atoms with Crippen LogP contribution in [0.25, 0.3) is 11.1 Å². The average molecular weight is 376 g/mol. The Labute approximate surface area is 160 Å². The lowest BCUT2D eigenvalue weighted by Gasteiger charge is -2.15. The van der Waals surface area contributed by atoms with Crippen molar-refractivity contribution >= 4 is 17.5 Å². The van der Waals surface area contributed by atoms with Crippen LogP contribution in [-0.2, 0) is 4.74 Å². The van der Waals surface area contributed by atoms with Crippen molar-refractivity contribution in [2.75, 3.05) is 11.9 Å². The number of amides is 1. The number of phenolic OH excluding ortho intramolecular Hbond substituents is 1. The molecule has 4 rings (SSSR count). The number of hydrogen-bond acceptors (Lipinski definition) is 5. The summed E-state index contributed by atoms with van der Waals surface area (Å²) in [6.07, 6.45) is -0.794. The maximum absolute atomic E-state index is 12.2. The van der Waals surface area contributed by atoms with Crippen molar-refractivity contribution in [3.63, 3.8) is 0 Å². The second-order valence-electron chi connectivity index (χ2n) is 6.41. The van der Waals surface area contributed by atoms with Crippen molar-refractivity contribution in [2.24, 2.45) is 0 Å². The van der Waals surface area contributed by atoms with Gasteiger partial charge in [-0.25, -0.2) is 4.79 Å². The van der Waals surface area contributed by atoms with Gasteiger partial charge < -0.3 is 9.84 Å². The van der Waals surface area contributed by atoms with E-state index in [0.29, 0.717) is 0 Å². The molecule has 7 nitrogen and oxygen atoms in total. The van der Waals surface area contributed by atoms with Crippen molar-refractivity contribution in [3.05, 3.63) is 88.0 Å². The molecule has 0 aromatic heterocycles. The molecule has 7 heteroatoms. The first kappa shape index (κ1) is 17.5. The van der Waals surface area contributed by atoms with Gasteiger partial charge in [0.2, 0.25) is 0 Å². The highest BCUT2D eigenvalue weighted by Gasteiger charge is 2.29. The Hall–Kier alpha value is -3.87. The van der Waals surface area contributed by atoms with Crippen LogP contribution in [0.3, 0.4) is 0 Å². The van der Waals surface area contributed by atoms with Crippen LogP contribution in [0.2, 0.25) is 0 Å². The molecule has 1 amide bonds. The standard InChI is InChI=1S/C21H16N2O5/c24-20-10-9-13(23(26)27)11-19(20)22-21(25)28-12-18-16-7-3-1-5-14(16)15-6-2-4-8-17(15)18/h1-11,18,24H,12H2,(H,22,25). The van der Waals surface area contributed by atoms with Gasteiger partial charge in [-0.3, -0.25) is 15.4 Å². The summed E-state index contributed by atoms with van der Waals surface area (Å²) in [4.78, 5) is 22.5. The van der Waals surface area contributed by atoms with E-state index in [1.807, 2.05) is 48.5 Å². The second kappa shape index (κ2) is 7.03. The minimum Gasteiger partial charge on any atom is -0.506 e. The molecular weight excluding hydrogens is 360 g/mol. The Balaban J connectivity index is 1.50. The van der Waals surface area contributed by atoms with Crippen molar-refractivity contribution in [1.29, 1.82) is 0 Å². The largest absolute Gasteiger partial charge is 0.506 e. The topological polar surface area (TPSA) is 102 Å². The molecule has 3 aromatic carbocycles. The predicted molar refractivity (Wildman–Crippen MR) is 103 cm³/mol. The zero-order chi connectivity index (χ0) is 19.7. The average Bonchev–Trinajstić information content (AvgIpc) is 3.02. The molecule has 0 saturated heterocycles. The fraction of sp³-hybridized carbons (Fsp3) is 0.0952. The highest BCUT2D eigenvalue weighted by atomic mass is 16.6. The molecule has 0 aliphatic heterocycles. The normalized spacial score (nSPS) is 12.1. The molecule has 0 heterocycles. The Kier molecular flexibility index (Phi) is 4.41. The number of hydrogen-bond donors (Lipinski definition) is 2. The van der Waals surface area contributed by atoms with E-state index >= 15 is 0 Å². The summed E-state index contributed by atoms with van der Waals surface area (Å²) >= 11 is 0. The zero-order valence-corrected chi connectivity index (χ0v) is 14.7. The van der Waals surface area contributed by atoms with E-state index in [1.54, 1.807) is 0 Å². The van der Waals surface area contributed by atoms with Gasteiger partial charge in [0.15, 0.2) is 0 Å². The third-order valence-electron chi connectivity index (χ3n) is 4.77. The van der Waals surface area contributed by atoms with Gasteiger partial charge in [-0.05, 0) is 28.3 Å². The number of phenols is 1. The lowest BCUT2D eigenvalue weighted by atomic mass is 9.98. The molecule has 0 bridgehead atoms. The summed E-state index contributed by atoms with van der Waals surface area (Å²) in [5.74, 6) is -0.379. The van der Waals surface area contributed by atoms with Gasteiger partial charge in [-0.15, -0.1) is 0 Å². The first-order chi connectivity index (χ1) is 13.5. The SMILES string of the molecule is O=C(Nc1cc([N+](=O)[O-])ccc1O)OCC1c2ccccc2-c2ccccc21. The lowest BCUT2D eigenvalue weighted by Crippen LogP contribution is -2.18. The molecule has 3 aromatic rings. The molecule has 1 aliphatic carbocycles. The number of nitrogens with one attached hydrogen (secondary N) is 1. The molecule has 140 valence electrons. The molecule has 0 radical (unpaired) electrons. The number of nitrogens with zero attached hydrogens (tertiary/aromatic N) is 1. The Morgan fingerprint density at radius 1 is 1.04 bits per heavy atom. The van der Waals surface area contributed by atoms with Gasteiger partial charge in [0.05, 0.1) is 10.6 Å². The number of benzene rings is 3. The number of rotatable bonds is 4. The van der Waals surface area contributed by atoms with Gasteiger partial charge in [0.25, 0.3) is 5.69 Å². The molecule has 2 N–H and O–H groups in total. The van der Waals surface area contributed by atoms with Crippen LogP contribution >= 0.6 is 0 Å². The first-order valence-corrected chi connectivity index (χ1v) is 8.64. The maximum Gasteiger partial charge on any atom is 0.411 e. The number of carbonyl (C=O) groups is 1. The van der Waals surface area contributed by atoms with Gasteiger partial charge in [0.1, 0.15) is 12.4 Å².